The van der Waals surface area contributed by atoms with E-state index in [0.717, 1.165) is 30.2 Å². The topological polar surface area (TPSA) is 38.0 Å². The summed E-state index contributed by atoms with van der Waals surface area (Å²) >= 11 is 0. The molecule has 0 heterocycles. The predicted octanol–water partition coefficient (Wildman–Crippen LogP) is 2.53. The molecule has 3 N–H and O–H groups in total. The number of hydrogen-bond donors (Lipinski definition) is 2. The summed E-state index contributed by atoms with van der Waals surface area (Å²) in [4.78, 5) is 0. The quantitative estimate of drug-likeness (QED) is 0.744. The summed E-state index contributed by atoms with van der Waals surface area (Å²) in [7, 11) is 0. The van der Waals surface area contributed by atoms with E-state index in [-0.39, 0.29) is 0 Å². The summed E-state index contributed by atoms with van der Waals surface area (Å²) in [5.41, 5.74) is 6.33. The fourth-order valence-electron chi connectivity index (χ4n) is 3.91. The van der Waals surface area contributed by atoms with Crippen LogP contribution in [0.15, 0.2) is 0 Å². The Kier molecular flexibility index (Phi) is 3.20. The maximum Gasteiger partial charge on any atom is 0.0306 e. The molecule has 2 heteroatoms. The van der Waals surface area contributed by atoms with Crippen molar-refractivity contribution < 1.29 is 0 Å². The highest BCUT2D eigenvalue weighted by Gasteiger charge is 2.43. The van der Waals surface area contributed by atoms with Crippen molar-refractivity contribution in [2.24, 2.45) is 29.4 Å². The second-order valence-electron chi connectivity index (χ2n) is 7.05. The molecule has 3 aliphatic carbocycles. The van der Waals surface area contributed by atoms with Gasteiger partial charge in [0.1, 0.15) is 0 Å². The first-order valence-corrected chi connectivity index (χ1v) is 7.67. The van der Waals surface area contributed by atoms with Gasteiger partial charge in [0, 0.05) is 12.1 Å². The van der Waals surface area contributed by atoms with Crippen molar-refractivity contribution in [2.45, 2.75) is 57.4 Å². The maximum atomic E-state index is 6.04. The Hall–Kier alpha value is -0.0800. The molecular weight excluding hydrogens is 208 g/mol. The molecule has 3 aliphatic rings. The molecule has 2 atom stereocenters. The second kappa shape index (κ2) is 4.55. The first-order chi connectivity index (χ1) is 8.22. The van der Waals surface area contributed by atoms with E-state index < -0.39 is 0 Å². The lowest BCUT2D eigenvalue weighted by molar-refractivity contribution is 0.277. The van der Waals surface area contributed by atoms with Crippen molar-refractivity contribution in [3.63, 3.8) is 0 Å². The van der Waals surface area contributed by atoms with E-state index in [1.165, 1.54) is 51.5 Å². The third-order valence-electron chi connectivity index (χ3n) is 5.41. The predicted molar refractivity (Wildman–Crippen MR) is 71.7 cm³/mol. The Morgan fingerprint density at radius 3 is 2.24 bits per heavy atom. The molecule has 0 aliphatic heterocycles. The molecule has 17 heavy (non-hydrogen) atoms. The minimum absolute atomic E-state index is 0.293. The third-order valence-corrected chi connectivity index (χ3v) is 5.41. The molecule has 0 aromatic carbocycles. The van der Waals surface area contributed by atoms with Gasteiger partial charge in [-0.15, -0.1) is 0 Å². The minimum atomic E-state index is 0.293. The van der Waals surface area contributed by atoms with Crippen LogP contribution in [-0.4, -0.2) is 18.6 Å². The van der Waals surface area contributed by atoms with Crippen molar-refractivity contribution in [1.29, 1.82) is 0 Å². The summed E-state index contributed by atoms with van der Waals surface area (Å²) in [6.07, 6.45) is 9.94. The average Bonchev–Trinajstić information content (AvgIpc) is 3.20. The van der Waals surface area contributed by atoms with E-state index >= 15 is 0 Å². The Labute approximate surface area is 106 Å². The summed E-state index contributed by atoms with van der Waals surface area (Å²) in [6, 6.07) is 0. The summed E-state index contributed by atoms with van der Waals surface area (Å²) in [5, 5.41) is 3.89. The van der Waals surface area contributed by atoms with Crippen LogP contribution in [-0.2, 0) is 0 Å². The molecule has 3 fully saturated rings. The molecule has 0 amide bonds. The highest BCUT2D eigenvalue weighted by Crippen LogP contribution is 2.49. The monoisotopic (exact) mass is 236 g/mol. The van der Waals surface area contributed by atoms with Gasteiger partial charge in [0.25, 0.3) is 0 Å². The standard InChI is InChI=1S/C15H28N2/c1-11-6-7-15(8-11,10-16)17-9-14(12-2-3-12)13-4-5-13/h11-14,17H,2-10,16H2,1H3. The largest absolute Gasteiger partial charge is 0.329 e. The molecule has 0 saturated heterocycles. The second-order valence-corrected chi connectivity index (χ2v) is 7.05. The van der Waals surface area contributed by atoms with Gasteiger partial charge in [-0.25, -0.2) is 0 Å². The van der Waals surface area contributed by atoms with Crippen LogP contribution < -0.4 is 11.1 Å². The number of nitrogens with one attached hydrogen (secondary N) is 1. The van der Waals surface area contributed by atoms with E-state index in [4.69, 9.17) is 5.73 Å². The first-order valence-electron chi connectivity index (χ1n) is 7.67. The van der Waals surface area contributed by atoms with Crippen LogP contribution in [0, 0.1) is 23.7 Å². The molecule has 0 radical (unpaired) electrons. The summed E-state index contributed by atoms with van der Waals surface area (Å²) < 4.78 is 0. The SMILES string of the molecule is CC1CCC(CN)(NCC(C2CC2)C2CC2)C1. The molecule has 0 bridgehead atoms. The van der Waals surface area contributed by atoms with Crippen molar-refractivity contribution in [3.8, 4) is 0 Å². The number of hydrogen-bond acceptors (Lipinski definition) is 2. The van der Waals surface area contributed by atoms with Crippen LogP contribution in [0.1, 0.15) is 51.9 Å². The lowest BCUT2D eigenvalue weighted by Crippen LogP contribution is -2.51. The molecule has 0 aromatic heterocycles. The third kappa shape index (κ3) is 2.68. The fraction of sp³-hybridized carbons (Fsp3) is 1.00. The van der Waals surface area contributed by atoms with Crippen molar-refractivity contribution >= 4 is 0 Å². The van der Waals surface area contributed by atoms with E-state index in [9.17, 15) is 0 Å². The van der Waals surface area contributed by atoms with Crippen LogP contribution in [0.25, 0.3) is 0 Å². The van der Waals surface area contributed by atoms with Gasteiger partial charge in [-0.1, -0.05) is 6.92 Å². The maximum absolute atomic E-state index is 6.04. The van der Waals surface area contributed by atoms with Crippen molar-refractivity contribution in [1.82, 2.24) is 5.32 Å². The smallest absolute Gasteiger partial charge is 0.0306 e. The molecule has 3 rings (SSSR count). The van der Waals surface area contributed by atoms with Gasteiger partial charge in [0.2, 0.25) is 0 Å². The van der Waals surface area contributed by atoms with E-state index in [1.54, 1.807) is 0 Å². The van der Waals surface area contributed by atoms with Gasteiger partial charge in [-0.2, -0.15) is 0 Å². The molecule has 0 aromatic rings. The average molecular weight is 236 g/mol. The van der Waals surface area contributed by atoms with Gasteiger partial charge in [0.05, 0.1) is 0 Å². The normalized spacial score (nSPS) is 37.9. The molecular formula is C15H28N2. The van der Waals surface area contributed by atoms with E-state index in [2.05, 4.69) is 12.2 Å². The lowest BCUT2D eigenvalue weighted by Gasteiger charge is -2.32. The molecule has 0 spiro atoms. The zero-order valence-corrected chi connectivity index (χ0v) is 11.3. The minimum Gasteiger partial charge on any atom is -0.329 e. The highest BCUT2D eigenvalue weighted by atomic mass is 15.0. The number of rotatable bonds is 6. The highest BCUT2D eigenvalue weighted by molar-refractivity contribution is 4.99. The molecule has 98 valence electrons. The first kappa shape index (κ1) is 12.0. The van der Waals surface area contributed by atoms with Crippen LogP contribution in [0.3, 0.4) is 0 Å². The summed E-state index contributed by atoms with van der Waals surface area (Å²) in [5.74, 6) is 3.97. The molecule has 3 saturated carbocycles. The van der Waals surface area contributed by atoms with Gasteiger partial charge in [0.15, 0.2) is 0 Å². The van der Waals surface area contributed by atoms with E-state index in [0.29, 0.717) is 5.54 Å². The van der Waals surface area contributed by atoms with Crippen molar-refractivity contribution in [3.05, 3.63) is 0 Å². The Morgan fingerprint density at radius 2 is 1.82 bits per heavy atom. The zero-order valence-electron chi connectivity index (χ0n) is 11.3. The molecule has 2 unspecified atom stereocenters. The Morgan fingerprint density at radius 1 is 1.18 bits per heavy atom. The van der Waals surface area contributed by atoms with Crippen LogP contribution >= 0.6 is 0 Å². The number of nitrogens with two attached hydrogens (primary N) is 1. The van der Waals surface area contributed by atoms with Gasteiger partial charge < -0.3 is 11.1 Å². The van der Waals surface area contributed by atoms with Crippen LogP contribution in [0.2, 0.25) is 0 Å². The van der Waals surface area contributed by atoms with Gasteiger partial charge >= 0.3 is 0 Å². The van der Waals surface area contributed by atoms with Crippen LogP contribution in [0.4, 0.5) is 0 Å². The zero-order chi connectivity index (χ0) is 11.9. The van der Waals surface area contributed by atoms with Gasteiger partial charge in [-0.3, -0.25) is 0 Å². The fourth-order valence-corrected chi connectivity index (χ4v) is 3.91. The summed E-state index contributed by atoms with van der Waals surface area (Å²) in [6.45, 7) is 4.46. The Balaban J connectivity index is 1.54. The van der Waals surface area contributed by atoms with Gasteiger partial charge in [-0.05, 0) is 75.2 Å². The van der Waals surface area contributed by atoms with Crippen molar-refractivity contribution in [2.75, 3.05) is 13.1 Å². The molecule has 2 nitrogen and oxygen atoms in total. The van der Waals surface area contributed by atoms with E-state index in [1.807, 2.05) is 0 Å². The Bertz CT molecular complexity index is 258. The lowest BCUT2D eigenvalue weighted by atomic mass is 9.92. The van der Waals surface area contributed by atoms with Crippen LogP contribution in [0.5, 0.6) is 0 Å².